The second-order valence-corrected chi connectivity index (χ2v) is 4.53. The maximum absolute atomic E-state index is 8.70. The van der Waals surface area contributed by atoms with Crippen LogP contribution in [0, 0.1) is 16.7 Å². The van der Waals surface area contributed by atoms with Crippen LogP contribution in [0.2, 0.25) is 0 Å². The van der Waals surface area contributed by atoms with Crippen molar-refractivity contribution in [2.45, 2.75) is 13.3 Å². The van der Waals surface area contributed by atoms with Gasteiger partial charge in [0.25, 0.3) is 0 Å². The van der Waals surface area contributed by atoms with Crippen molar-refractivity contribution in [1.82, 2.24) is 0 Å². The number of para-hydroxylation sites is 1. The highest BCUT2D eigenvalue weighted by molar-refractivity contribution is 5.35. The van der Waals surface area contributed by atoms with Gasteiger partial charge in [-0.3, -0.25) is 0 Å². The molecule has 0 spiro atoms. The third-order valence-electron chi connectivity index (χ3n) is 2.72. The highest BCUT2D eigenvalue weighted by Gasteiger charge is 2.34. The summed E-state index contributed by atoms with van der Waals surface area (Å²) in [5.74, 6) is 0.817. The zero-order chi connectivity index (χ0) is 11.4. The first-order valence-corrected chi connectivity index (χ1v) is 5.39. The summed E-state index contributed by atoms with van der Waals surface area (Å²) in [5, 5.41) is 8.70. The molecule has 1 aromatic rings. The Morgan fingerprint density at radius 1 is 1.44 bits per heavy atom. The smallest absolute Gasteiger partial charge is 0.123 e. The molecule has 2 rings (SSSR count). The van der Waals surface area contributed by atoms with E-state index >= 15 is 0 Å². The predicted molar refractivity (Wildman–Crippen MR) is 60.2 cm³/mol. The molecular formula is C13H15NO2. The summed E-state index contributed by atoms with van der Waals surface area (Å²) in [6, 6.07) is 9.84. The first-order chi connectivity index (χ1) is 7.73. The highest BCUT2D eigenvalue weighted by Crippen LogP contribution is 2.28. The Bertz CT molecular complexity index is 405. The number of nitrogens with zero attached hydrogens (tertiary/aromatic N) is 1. The van der Waals surface area contributed by atoms with Crippen LogP contribution in [0.15, 0.2) is 24.3 Å². The monoisotopic (exact) mass is 217 g/mol. The Kier molecular flexibility index (Phi) is 3.12. The summed E-state index contributed by atoms with van der Waals surface area (Å²) in [6.45, 7) is 4.31. The third kappa shape index (κ3) is 2.34. The van der Waals surface area contributed by atoms with Crippen molar-refractivity contribution in [3.8, 4) is 11.8 Å². The zero-order valence-electron chi connectivity index (χ0n) is 9.40. The van der Waals surface area contributed by atoms with Crippen LogP contribution >= 0.6 is 0 Å². The van der Waals surface area contributed by atoms with Gasteiger partial charge in [-0.2, -0.15) is 5.26 Å². The molecule has 1 fully saturated rings. The van der Waals surface area contributed by atoms with Crippen LogP contribution in [0.4, 0.5) is 0 Å². The minimum absolute atomic E-state index is 0.139. The SMILES string of the molecule is CC1(COc2ccccc2CC#N)COC1. The summed E-state index contributed by atoms with van der Waals surface area (Å²) >= 11 is 0. The Balaban J connectivity index is 2.00. The topological polar surface area (TPSA) is 42.2 Å². The molecule has 3 nitrogen and oxygen atoms in total. The quantitative estimate of drug-likeness (QED) is 0.776. The lowest BCUT2D eigenvalue weighted by Gasteiger charge is -2.37. The van der Waals surface area contributed by atoms with E-state index in [1.165, 1.54) is 0 Å². The predicted octanol–water partition coefficient (Wildman–Crippen LogP) is 2.17. The molecule has 0 saturated carbocycles. The molecule has 0 unspecified atom stereocenters. The molecular weight excluding hydrogens is 202 g/mol. The van der Waals surface area contributed by atoms with Crippen LogP contribution in [0.5, 0.6) is 5.75 Å². The first kappa shape index (κ1) is 11.0. The molecule has 1 saturated heterocycles. The van der Waals surface area contributed by atoms with Gasteiger partial charge in [-0.15, -0.1) is 0 Å². The van der Waals surface area contributed by atoms with E-state index in [4.69, 9.17) is 14.7 Å². The van der Waals surface area contributed by atoms with Gasteiger partial charge < -0.3 is 9.47 Å². The molecule has 1 heterocycles. The van der Waals surface area contributed by atoms with E-state index in [0.717, 1.165) is 24.5 Å². The fourth-order valence-corrected chi connectivity index (χ4v) is 1.66. The molecule has 0 aliphatic carbocycles. The molecule has 0 aromatic heterocycles. The van der Waals surface area contributed by atoms with Gasteiger partial charge in [0.2, 0.25) is 0 Å². The molecule has 84 valence electrons. The normalized spacial score (nSPS) is 17.2. The minimum atomic E-state index is 0.139. The fourth-order valence-electron chi connectivity index (χ4n) is 1.66. The van der Waals surface area contributed by atoms with Gasteiger partial charge in [0.1, 0.15) is 5.75 Å². The van der Waals surface area contributed by atoms with E-state index in [0.29, 0.717) is 13.0 Å². The van der Waals surface area contributed by atoms with Gasteiger partial charge in [-0.1, -0.05) is 25.1 Å². The number of rotatable bonds is 4. The van der Waals surface area contributed by atoms with Gasteiger partial charge >= 0.3 is 0 Å². The fraction of sp³-hybridized carbons (Fsp3) is 0.462. The zero-order valence-corrected chi connectivity index (χ0v) is 9.40. The summed E-state index contributed by atoms with van der Waals surface area (Å²) in [7, 11) is 0. The van der Waals surface area contributed by atoms with Crippen molar-refractivity contribution >= 4 is 0 Å². The Morgan fingerprint density at radius 2 is 2.19 bits per heavy atom. The Morgan fingerprint density at radius 3 is 2.81 bits per heavy atom. The van der Waals surface area contributed by atoms with Crippen LogP contribution in [-0.2, 0) is 11.2 Å². The highest BCUT2D eigenvalue weighted by atomic mass is 16.5. The van der Waals surface area contributed by atoms with E-state index in [-0.39, 0.29) is 5.41 Å². The van der Waals surface area contributed by atoms with Crippen molar-refractivity contribution in [3.63, 3.8) is 0 Å². The summed E-state index contributed by atoms with van der Waals surface area (Å²) in [4.78, 5) is 0. The lowest BCUT2D eigenvalue weighted by atomic mass is 9.90. The van der Waals surface area contributed by atoms with Gasteiger partial charge in [0.05, 0.1) is 32.3 Å². The van der Waals surface area contributed by atoms with Crippen LogP contribution in [-0.4, -0.2) is 19.8 Å². The molecule has 16 heavy (non-hydrogen) atoms. The lowest BCUT2D eigenvalue weighted by Crippen LogP contribution is -2.44. The van der Waals surface area contributed by atoms with Crippen LogP contribution < -0.4 is 4.74 Å². The van der Waals surface area contributed by atoms with Gasteiger partial charge in [0, 0.05) is 11.0 Å². The average molecular weight is 217 g/mol. The number of hydrogen-bond donors (Lipinski definition) is 0. The molecule has 3 heteroatoms. The number of benzene rings is 1. The van der Waals surface area contributed by atoms with Crippen LogP contribution in [0.25, 0.3) is 0 Å². The minimum Gasteiger partial charge on any atom is -0.493 e. The van der Waals surface area contributed by atoms with Gasteiger partial charge in [0.15, 0.2) is 0 Å². The third-order valence-corrected chi connectivity index (χ3v) is 2.72. The van der Waals surface area contributed by atoms with Crippen molar-refractivity contribution in [2.24, 2.45) is 5.41 Å². The largest absolute Gasteiger partial charge is 0.493 e. The van der Waals surface area contributed by atoms with Crippen LogP contribution in [0.3, 0.4) is 0 Å². The second-order valence-electron chi connectivity index (χ2n) is 4.53. The molecule has 0 amide bonds. The maximum atomic E-state index is 8.70. The van der Waals surface area contributed by atoms with E-state index in [2.05, 4.69) is 13.0 Å². The number of ether oxygens (including phenoxy) is 2. The second kappa shape index (κ2) is 4.54. The average Bonchev–Trinajstić information content (AvgIpc) is 2.26. The number of nitriles is 1. The summed E-state index contributed by atoms with van der Waals surface area (Å²) in [5.41, 5.74) is 1.09. The molecule has 1 aromatic carbocycles. The lowest BCUT2D eigenvalue weighted by molar-refractivity contribution is -0.120. The van der Waals surface area contributed by atoms with E-state index in [1.54, 1.807) is 0 Å². The summed E-state index contributed by atoms with van der Waals surface area (Å²) < 4.78 is 10.9. The van der Waals surface area contributed by atoms with E-state index in [9.17, 15) is 0 Å². The van der Waals surface area contributed by atoms with Crippen molar-refractivity contribution in [3.05, 3.63) is 29.8 Å². The summed E-state index contributed by atoms with van der Waals surface area (Å²) in [6.07, 6.45) is 0.392. The van der Waals surface area contributed by atoms with E-state index in [1.807, 2.05) is 24.3 Å². The number of hydrogen-bond acceptors (Lipinski definition) is 3. The molecule has 0 N–H and O–H groups in total. The Labute approximate surface area is 95.6 Å². The van der Waals surface area contributed by atoms with Gasteiger partial charge in [-0.25, -0.2) is 0 Å². The van der Waals surface area contributed by atoms with Crippen molar-refractivity contribution in [2.75, 3.05) is 19.8 Å². The standard InChI is InChI=1S/C13H15NO2/c1-13(8-15-9-13)10-16-12-5-3-2-4-11(12)6-7-14/h2-5H,6,8-10H2,1H3. The van der Waals surface area contributed by atoms with Gasteiger partial charge in [-0.05, 0) is 6.07 Å². The molecule has 0 radical (unpaired) electrons. The van der Waals surface area contributed by atoms with Crippen molar-refractivity contribution in [1.29, 1.82) is 5.26 Å². The molecule has 0 bridgehead atoms. The van der Waals surface area contributed by atoms with E-state index < -0.39 is 0 Å². The van der Waals surface area contributed by atoms with Crippen molar-refractivity contribution < 1.29 is 9.47 Å². The Hall–Kier alpha value is -1.53. The first-order valence-electron chi connectivity index (χ1n) is 5.39. The maximum Gasteiger partial charge on any atom is 0.123 e. The molecule has 1 aliphatic heterocycles. The molecule has 1 aliphatic rings. The van der Waals surface area contributed by atoms with Crippen LogP contribution in [0.1, 0.15) is 12.5 Å². The molecule has 0 atom stereocenters.